The maximum atomic E-state index is 12.2. The first-order valence-electron chi connectivity index (χ1n) is 6.11. The lowest BCUT2D eigenvalue weighted by molar-refractivity contribution is -0.137. The molecule has 1 amide bonds. The van der Waals surface area contributed by atoms with E-state index in [9.17, 15) is 9.59 Å². The molecule has 0 radical (unpaired) electrons. The molecule has 1 unspecified atom stereocenters. The van der Waals surface area contributed by atoms with Crippen LogP contribution in [-0.4, -0.2) is 32.6 Å². The topological polar surface area (TPSA) is 92.2 Å². The van der Waals surface area contributed by atoms with E-state index in [1.165, 1.54) is 0 Å². The number of carboxylic acids is 1. The van der Waals surface area contributed by atoms with Gasteiger partial charge in [0.2, 0.25) is 0 Å². The predicted molar refractivity (Wildman–Crippen MR) is 72.4 cm³/mol. The molecular weight excluding hydrogens is 266 g/mol. The quantitative estimate of drug-likeness (QED) is 0.861. The standard InChI is InChI=1S/C12H19N3O3S/c1-5-7(6-8(16)17)13-11(18)9-10(12(2,3)4)14-15-19-9/h7H,5-6H2,1-4H3,(H,13,18)(H,16,17). The molecule has 19 heavy (non-hydrogen) atoms. The van der Waals surface area contributed by atoms with E-state index in [4.69, 9.17) is 5.11 Å². The molecule has 0 aliphatic carbocycles. The van der Waals surface area contributed by atoms with Gasteiger partial charge in [-0.25, -0.2) is 0 Å². The first-order valence-corrected chi connectivity index (χ1v) is 6.88. The maximum absolute atomic E-state index is 12.2. The van der Waals surface area contributed by atoms with Gasteiger partial charge in [-0.2, -0.15) is 0 Å². The van der Waals surface area contributed by atoms with Crippen molar-refractivity contribution in [1.82, 2.24) is 14.9 Å². The zero-order valence-electron chi connectivity index (χ0n) is 11.6. The smallest absolute Gasteiger partial charge is 0.305 e. The third-order valence-corrected chi connectivity index (χ3v) is 3.38. The van der Waals surface area contributed by atoms with E-state index in [-0.39, 0.29) is 23.8 Å². The van der Waals surface area contributed by atoms with Crippen molar-refractivity contribution >= 4 is 23.4 Å². The Morgan fingerprint density at radius 2 is 2.05 bits per heavy atom. The van der Waals surface area contributed by atoms with Crippen molar-refractivity contribution in [1.29, 1.82) is 0 Å². The van der Waals surface area contributed by atoms with E-state index >= 15 is 0 Å². The van der Waals surface area contributed by atoms with Crippen LogP contribution >= 0.6 is 11.5 Å². The van der Waals surface area contributed by atoms with Gasteiger partial charge in [0.25, 0.3) is 5.91 Å². The van der Waals surface area contributed by atoms with Crippen molar-refractivity contribution in [3.63, 3.8) is 0 Å². The molecule has 0 aliphatic heterocycles. The second-order valence-corrected chi connectivity index (χ2v) is 6.13. The summed E-state index contributed by atoms with van der Waals surface area (Å²) in [6.45, 7) is 7.70. The van der Waals surface area contributed by atoms with E-state index in [0.717, 1.165) is 11.5 Å². The number of hydrogen-bond donors (Lipinski definition) is 2. The Hall–Kier alpha value is -1.50. The molecule has 106 valence electrons. The van der Waals surface area contributed by atoms with Crippen LogP contribution in [0.5, 0.6) is 0 Å². The van der Waals surface area contributed by atoms with Crippen molar-refractivity contribution in [3.8, 4) is 0 Å². The molecule has 0 aromatic carbocycles. The molecule has 0 saturated carbocycles. The number of nitrogens with zero attached hydrogens (tertiary/aromatic N) is 2. The van der Waals surface area contributed by atoms with Gasteiger partial charge in [0, 0.05) is 11.5 Å². The Morgan fingerprint density at radius 3 is 2.53 bits per heavy atom. The first kappa shape index (κ1) is 15.6. The van der Waals surface area contributed by atoms with E-state index in [0.29, 0.717) is 17.0 Å². The third-order valence-electron chi connectivity index (χ3n) is 2.65. The Labute approximate surface area is 116 Å². The lowest BCUT2D eigenvalue weighted by Crippen LogP contribution is -2.36. The van der Waals surface area contributed by atoms with Crippen molar-refractivity contribution in [3.05, 3.63) is 10.6 Å². The summed E-state index contributed by atoms with van der Waals surface area (Å²) >= 11 is 1.04. The SMILES string of the molecule is CCC(CC(=O)O)NC(=O)c1snnc1C(C)(C)C. The summed E-state index contributed by atoms with van der Waals surface area (Å²) in [4.78, 5) is 23.3. The molecule has 0 saturated heterocycles. The highest BCUT2D eigenvalue weighted by Gasteiger charge is 2.27. The van der Waals surface area contributed by atoms with Crippen LogP contribution < -0.4 is 5.32 Å². The number of amides is 1. The van der Waals surface area contributed by atoms with Crippen LogP contribution in [0.1, 0.15) is 55.9 Å². The number of carbonyl (C=O) groups is 2. The number of carboxylic acid groups (broad SMARTS) is 1. The summed E-state index contributed by atoms with van der Waals surface area (Å²) < 4.78 is 3.82. The molecule has 0 aliphatic rings. The molecule has 6 nitrogen and oxygen atoms in total. The lowest BCUT2D eigenvalue weighted by atomic mass is 9.91. The summed E-state index contributed by atoms with van der Waals surface area (Å²) in [6, 6.07) is -0.375. The number of carbonyl (C=O) groups excluding carboxylic acids is 1. The molecule has 2 N–H and O–H groups in total. The fourth-order valence-corrected chi connectivity index (χ4v) is 2.37. The van der Waals surface area contributed by atoms with E-state index in [1.807, 2.05) is 27.7 Å². The molecule has 0 bridgehead atoms. The number of rotatable bonds is 5. The number of aromatic nitrogens is 2. The molecule has 0 spiro atoms. The molecule has 1 atom stereocenters. The number of hydrogen-bond acceptors (Lipinski definition) is 5. The number of nitrogens with one attached hydrogen (secondary N) is 1. The van der Waals surface area contributed by atoms with Crippen molar-refractivity contribution in [2.45, 2.75) is 52.0 Å². The minimum atomic E-state index is -0.925. The summed E-state index contributed by atoms with van der Waals surface area (Å²) in [7, 11) is 0. The van der Waals surface area contributed by atoms with Crippen molar-refractivity contribution < 1.29 is 14.7 Å². The van der Waals surface area contributed by atoms with Crippen LogP contribution in [-0.2, 0) is 10.2 Å². The van der Waals surface area contributed by atoms with Gasteiger partial charge < -0.3 is 10.4 Å². The Balaban J connectivity index is 2.84. The molecule has 1 rings (SSSR count). The number of aliphatic carboxylic acids is 1. The van der Waals surface area contributed by atoms with Crippen LogP contribution in [0.4, 0.5) is 0 Å². The lowest BCUT2D eigenvalue weighted by Gasteiger charge is -2.18. The van der Waals surface area contributed by atoms with Gasteiger partial charge in [-0.15, -0.1) is 5.10 Å². The second kappa shape index (κ2) is 6.10. The second-order valence-electron chi connectivity index (χ2n) is 5.38. The molecule has 7 heteroatoms. The minimum absolute atomic E-state index is 0.0840. The van der Waals surface area contributed by atoms with Crippen LogP contribution in [0.3, 0.4) is 0 Å². The van der Waals surface area contributed by atoms with Crippen molar-refractivity contribution in [2.24, 2.45) is 0 Å². The summed E-state index contributed by atoms with van der Waals surface area (Å²) in [6.07, 6.45) is 0.481. The molecule has 1 aromatic rings. The van der Waals surface area contributed by atoms with Crippen LogP contribution in [0.25, 0.3) is 0 Å². The summed E-state index contributed by atoms with van der Waals surface area (Å²) in [5, 5.41) is 15.5. The first-order chi connectivity index (χ1) is 8.75. The van der Waals surface area contributed by atoms with E-state index < -0.39 is 5.97 Å². The van der Waals surface area contributed by atoms with E-state index in [1.54, 1.807) is 0 Å². The monoisotopic (exact) mass is 285 g/mol. The van der Waals surface area contributed by atoms with Gasteiger partial charge in [0.05, 0.1) is 12.1 Å². The third kappa shape index (κ3) is 4.27. The molecule has 1 aromatic heterocycles. The maximum Gasteiger partial charge on any atom is 0.305 e. The van der Waals surface area contributed by atoms with Gasteiger partial charge in [-0.3, -0.25) is 9.59 Å². The normalized spacial score (nSPS) is 13.1. The van der Waals surface area contributed by atoms with Gasteiger partial charge in [0.15, 0.2) is 0 Å². The Kier molecular flexibility index (Phi) is 4.99. The zero-order valence-corrected chi connectivity index (χ0v) is 12.4. The minimum Gasteiger partial charge on any atom is -0.481 e. The Bertz CT molecular complexity index is 465. The van der Waals surface area contributed by atoms with Gasteiger partial charge in [0.1, 0.15) is 4.88 Å². The Morgan fingerprint density at radius 1 is 1.42 bits per heavy atom. The van der Waals surface area contributed by atoms with Crippen LogP contribution in [0.2, 0.25) is 0 Å². The predicted octanol–water partition coefficient (Wildman–Crippen LogP) is 1.82. The van der Waals surface area contributed by atoms with Gasteiger partial charge in [-0.1, -0.05) is 32.2 Å². The zero-order chi connectivity index (χ0) is 14.6. The average molecular weight is 285 g/mol. The highest BCUT2D eigenvalue weighted by Crippen LogP contribution is 2.25. The fourth-order valence-electron chi connectivity index (χ4n) is 1.59. The van der Waals surface area contributed by atoms with Crippen LogP contribution in [0.15, 0.2) is 0 Å². The van der Waals surface area contributed by atoms with Gasteiger partial charge in [-0.05, 0) is 18.0 Å². The van der Waals surface area contributed by atoms with Gasteiger partial charge >= 0.3 is 5.97 Å². The summed E-state index contributed by atoms with van der Waals surface area (Å²) in [5.74, 6) is -1.22. The highest BCUT2D eigenvalue weighted by molar-refractivity contribution is 7.08. The van der Waals surface area contributed by atoms with Crippen LogP contribution in [0, 0.1) is 0 Å². The highest BCUT2D eigenvalue weighted by atomic mass is 32.1. The summed E-state index contributed by atoms with van der Waals surface area (Å²) in [5.41, 5.74) is 0.369. The molecule has 0 fully saturated rings. The van der Waals surface area contributed by atoms with E-state index in [2.05, 4.69) is 14.9 Å². The fraction of sp³-hybridized carbons (Fsp3) is 0.667. The average Bonchev–Trinajstić information content (AvgIpc) is 2.75. The molecular formula is C12H19N3O3S. The largest absolute Gasteiger partial charge is 0.481 e. The molecule has 1 heterocycles. The van der Waals surface area contributed by atoms with Crippen molar-refractivity contribution in [2.75, 3.05) is 0 Å².